The Bertz CT molecular complexity index is 1150. The van der Waals surface area contributed by atoms with E-state index in [9.17, 15) is 39.3 Å². The minimum atomic E-state index is -1.72. The molecule has 4 amide bonds. The van der Waals surface area contributed by atoms with Crippen molar-refractivity contribution in [1.29, 1.82) is 0 Å². The molecule has 0 radical (unpaired) electrons. The number of carbonyl (C=O) groups is 5. The lowest BCUT2D eigenvalue weighted by molar-refractivity contribution is -0.145. The highest BCUT2D eigenvalue weighted by atomic mass is 16.4. The number of nitrogens with two attached hydrogens (primary N) is 2. The van der Waals surface area contributed by atoms with Crippen molar-refractivity contribution in [3.05, 3.63) is 36.0 Å². The van der Waals surface area contributed by atoms with E-state index >= 15 is 0 Å². The number of H-pyrrole nitrogens is 1. The third kappa shape index (κ3) is 7.99. The van der Waals surface area contributed by atoms with E-state index in [0.717, 1.165) is 17.8 Å². The Morgan fingerprint density at radius 3 is 2.08 bits per heavy atom. The molecule has 0 aliphatic rings. The molecule has 0 saturated carbocycles. The second-order valence-corrected chi connectivity index (χ2v) is 8.69. The third-order valence-corrected chi connectivity index (χ3v) is 5.64. The summed E-state index contributed by atoms with van der Waals surface area (Å²) in [5, 5.41) is 36.1. The van der Waals surface area contributed by atoms with Crippen LogP contribution in [0.4, 0.5) is 0 Å². The number of carbonyl (C=O) groups excluding carboxylic acids is 4. The van der Waals surface area contributed by atoms with Gasteiger partial charge in [-0.1, -0.05) is 18.2 Å². The van der Waals surface area contributed by atoms with Crippen molar-refractivity contribution in [3.63, 3.8) is 0 Å². The van der Waals surface area contributed by atoms with Crippen LogP contribution in [0.15, 0.2) is 30.5 Å². The molecular formula is C23H32N6O8. The van der Waals surface area contributed by atoms with Crippen LogP contribution in [0.1, 0.15) is 25.8 Å². The summed E-state index contributed by atoms with van der Waals surface area (Å²) in [4.78, 5) is 64.5. The number of para-hydroxylation sites is 1. The average Bonchev–Trinajstić information content (AvgIpc) is 3.22. The number of fused-ring (bicyclic) bond motifs is 1. The highest BCUT2D eigenvalue weighted by Gasteiger charge is 2.33. The van der Waals surface area contributed by atoms with Crippen LogP contribution in [0.3, 0.4) is 0 Å². The van der Waals surface area contributed by atoms with Gasteiger partial charge in [0.2, 0.25) is 23.6 Å². The molecule has 2 aromatic rings. The first-order valence-corrected chi connectivity index (χ1v) is 11.4. The number of carboxylic acid groups (broad SMARTS) is 1. The lowest BCUT2D eigenvalue weighted by atomic mass is 10.0. The minimum absolute atomic E-state index is 0.0650. The third-order valence-electron chi connectivity index (χ3n) is 5.64. The number of aromatic amines is 1. The maximum absolute atomic E-state index is 13.2. The quantitative estimate of drug-likeness (QED) is 0.132. The Morgan fingerprint density at radius 2 is 1.51 bits per heavy atom. The lowest BCUT2D eigenvalue weighted by Crippen LogP contribution is -2.59. The molecule has 37 heavy (non-hydrogen) atoms. The van der Waals surface area contributed by atoms with Crippen LogP contribution in [0.2, 0.25) is 0 Å². The number of aliphatic carboxylic acids is 1. The zero-order valence-electron chi connectivity index (χ0n) is 20.3. The zero-order valence-corrected chi connectivity index (χ0v) is 20.3. The monoisotopic (exact) mass is 520 g/mol. The summed E-state index contributed by atoms with van der Waals surface area (Å²) in [5.41, 5.74) is 12.3. The molecule has 11 N–H and O–H groups in total. The van der Waals surface area contributed by atoms with Crippen LogP contribution in [0.25, 0.3) is 10.9 Å². The van der Waals surface area contributed by atoms with Crippen LogP contribution in [0.5, 0.6) is 0 Å². The Hall–Kier alpha value is -4.01. The van der Waals surface area contributed by atoms with E-state index in [4.69, 9.17) is 11.5 Å². The van der Waals surface area contributed by atoms with Crippen LogP contribution >= 0.6 is 0 Å². The Kier molecular flexibility index (Phi) is 10.1. The molecule has 1 aromatic heterocycles. The van der Waals surface area contributed by atoms with Gasteiger partial charge >= 0.3 is 5.97 Å². The lowest BCUT2D eigenvalue weighted by Gasteiger charge is -2.25. The van der Waals surface area contributed by atoms with Gasteiger partial charge in [0.25, 0.3) is 0 Å². The van der Waals surface area contributed by atoms with Gasteiger partial charge in [-0.2, -0.15) is 0 Å². The number of carboxylic acids is 1. The van der Waals surface area contributed by atoms with E-state index in [1.54, 1.807) is 24.4 Å². The maximum atomic E-state index is 13.2. The van der Waals surface area contributed by atoms with Gasteiger partial charge in [-0.15, -0.1) is 0 Å². The van der Waals surface area contributed by atoms with Gasteiger partial charge in [-0.25, -0.2) is 4.79 Å². The molecule has 6 atom stereocenters. The summed E-state index contributed by atoms with van der Waals surface area (Å²) in [5.74, 6) is -5.34. The van der Waals surface area contributed by atoms with Crippen molar-refractivity contribution in [2.45, 2.75) is 63.1 Å². The first-order chi connectivity index (χ1) is 17.3. The molecule has 2 rings (SSSR count). The fourth-order valence-electron chi connectivity index (χ4n) is 3.54. The van der Waals surface area contributed by atoms with Gasteiger partial charge < -0.3 is 47.7 Å². The van der Waals surface area contributed by atoms with Crippen LogP contribution in [-0.2, 0) is 30.4 Å². The van der Waals surface area contributed by atoms with Crippen molar-refractivity contribution in [3.8, 4) is 0 Å². The summed E-state index contributed by atoms with van der Waals surface area (Å²) in [7, 11) is 0. The molecule has 14 heteroatoms. The molecule has 0 spiro atoms. The summed E-state index contributed by atoms with van der Waals surface area (Å²) < 4.78 is 0. The van der Waals surface area contributed by atoms with Crippen LogP contribution < -0.4 is 27.4 Å². The van der Waals surface area contributed by atoms with E-state index in [1.807, 2.05) is 6.07 Å². The van der Waals surface area contributed by atoms with Crippen LogP contribution in [-0.4, -0.2) is 86.3 Å². The van der Waals surface area contributed by atoms with E-state index in [2.05, 4.69) is 20.9 Å². The van der Waals surface area contributed by atoms with Gasteiger partial charge in [-0.3, -0.25) is 19.2 Å². The van der Waals surface area contributed by atoms with Crippen LogP contribution in [0, 0.1) is 0 Å². The number of amides is 4. The average molecular weight is 521 g/mol. The molecule has 0 saturated heterocycles. The molecule has 202 valence electrons. The minimum Gasteiger partial charge on any atom is -0.480 e. The number of rotatable bonds is 13. The largest absolute Gasteiger partial charge is 0.480 e. The number of aliphatic hydroxyl groups excluding tert-OH is 2. The van der Waals surface area contributed by atoms with Crippen molar-refractivity contribution in [2.75, 3.05) is 0 Å². The molecule has 0 bridgehead atoms. The second-order valence-electron chi connectivity index (χ2n) is 8.69. The number of benzene rings is 1. The Balaban J connectivity index is 2.32. The number of nitrogens with one attached hydrogen (secondary N) is 4. The molecule has 0 fully saturated rings. The topological polar surface area (TPSA) is 250 Å². The number of aromatic nitrogens is 1. The van der Waals surface area contributed by atoms with E-state index in [1.165, 1.54) is 6.92 Å². The van der Waals surface area contributed by atoms with Gasteiger partial charge in [-0.05, 0) is 25.5 Å². The predicted molar refractivity (Wildman–Crippen MR) is 131 cm³/mol. The van der Waals surface area contributed by atoms with Gasteiger partial charge in [0.05, 0.1) is 18.6 Å². The maximum Gasteiger partial charge on any atom is 0.328 e. The van der Waals surface area contributed by atoms with Crippen molar-refractivity contribution in [2.24, 2.45) is 11.5 Å². The first-order valence-electron chi connectivity index (χ1n) is 11.4. The Morgan fingerprint density at radius 1 is 0.919 bits per heavy atom. The highest BCUT2D eigenvalue weighted by Crippen LogP contribution is 2.19. The number of hydrogen-bond acceptors (Lipinski definition) is 8. The number of primary amides is 1. The van der Waals surface area contributed by atoms with Crippen molar-refractivity contribution < 1.29 is 39.3 Å². The summed E-state index contributed by atoms with van der Waals surface area (Å²) in [6, 6.07) is 1.20. The van der Waals surface area contributed by atoms with Gasteiger partial charge in [0.15, 0.2) is 6.04 Å². The van der Waals surface area contributed by atoms with Gasteiger partial charge in [0.1, 0.15) is 18.1 Å². The normalized spacial score (nSPS) is 16.0. The first kappa shape index (κ1) is 29.2. The molecule has 0 aliphatic carbocycles. The van der Waals surface area contributed by atoms with Gasteiger partial charge in [0, 0.05) is 23.5 Å². The second kappa shape index (κ2) is 12.8. The molecule has 6 unspecified atom stereocenters. The molecule has 1 heterocycles. The standard InChI is InChI=1S/C23H32N6O8/c1-10(30)18(25)22(35)28-15(7-12-9-26-14-6-4-3-5-13(12)14)20(33)27-16(8-17(24)32)21(34)29-19(11(2)31)23(36)37/h3-6,9-11,15-16,18-19,26,30-31H,7-8,25H2,1-2H3,(H2,24,32)(H,27,33)(H,28,35)(H,29,34)(H,36,37). The molecule has 1 aromatic carbocycles. The SMILES string of the molecule is CC(O)C(N)C(=O)NC(Cc1c[nH]c2ccccc12)C(=O)NC(CC(N)=O)C(=O)NC(C(=O)O)C(C)O. The molecule has 14 nitrogen and oxygen atoms in total. The highest BCUT2D eigenvalue weighted by molar-refractivity contribution is 5.96. The summed E-state index contributed by atoms with van der Waals surface area (Å²) >= 11 is 0. The summed E-state index contributed by atoms with van der Waals surface area (Å²) in [6.45, 7) is 2.44. The number of aliphatic hydroxyl groups is 2. The fraction of sp³-hybridized carbons (Fsp3) is 0.435. The van der Waals surface area contributed by atoms with E-state index < -0.39 is 72.4 Å². The van der Waals surface area contributed by atoms with Crippen molar-refractivity contribution in [1.82, 2.24) is 20.9 Å². The summed E-state index contributed by atoms with van der Waals surface area (Å²) in [6.07, 6.45) is -1.82. The van der Waals surface area contributed by atoms with E-state index in [-0.39, 0.29) is 6.42 Å². The van der Waals surface area contributed by atoms with E-state index in [0.29, 0.717) is 5.56 Å². The predicted octanol–water partition coefficient (Wildman–Crippen LogP) is -2.79. The zero-order chi connectivity index (χ0) is 27.9. The fourth-order valence-corrected chi connectivity index (χ4v) is 3.54. The molecule has 0 aliphatic heterocycles. The van der Waals surface area contributed by atoms with Crippen molar-refractivity contribution >= 4 is 40.5 Å². The number of hydrogen-bond donors (Lipinski definition) is 9. The molecular weight excluding hydrogens is 488 g/mol. The smallest absolute Gasteiger partial charge is 0.328 e. The Labute approximate surface area is 211 Å².